The number of benzene rings is 1. The van der Waals surface area contributed by atoms with Gasteiger partial charge in [0.05, 0.1) is 18.3 Å². The highest BCUT2D eigenvalue weighted by Crippen LogP contribution is 2.24. The molecule has 0 spiro atoms. The minimum absolute atomic E-state index is 0.116. The Morgan fingerprint density at radius 2 is 1.86 bits per heavy atom. The summed E-state index contributed by atoms with van der Waals surface area (Å²) < 4.78 is 5.63. The van der Waals surface area contributed by atoms with E-state index in [1.165, 1.54) is 0 Å². The number of nitrogens with one attached hydrogen (secondary N) is 1. The molecule has 0 bridgehead atoms. The molecule has 1 aromatic carbocycles. The standard InChI is InChI=1S/C17H24N2OS/c1-12(2)20-14-8-6-13(7-9-14)18-10-16-19-15(11-21-16)17(3,4)5/h6-9,11-12,18H,10H2,1-5H3. The molecule has 1 heterocycles. The van der Waals surface area contributed by atoms with E-state index in [0.717, 1.165) is 28.7 Å². The predicted molar refractivity (Wildman–Crippen MR) is 90.3 cm³/mol. The molecule has 0 saturated heterocycles. The average molecular weight is 304 g/mol. The maximum atomic E-state index is 5.63. The molecule has 21 heavy (non-hydrogen) atoms. The van der Waals surface area contributed by atoms with E-state index in [2.05, 4.69) is 36.5 Å². The van der Waals surface area contributed by atoms with Crippen LogP contribution in [-0.2, 0) is 12.0 Å². The lowest BCUT2D eigenvalue weighted by atomic mass is 9.93. The smallest absolute Gasteiger partial charge is 0.119 e. The molecule has 2 rings (SSSR count). The summed E-state index contributed by atoms with van der Waals surface area (Å²) in [6.45, 7) is 11.4. The van der Waals surface area contributed by atoms with Crippen molar-refractivity contribution in [1.29, 1.82) is 0 Å². The first kappa shape index (κ1) is 15.8. The molecule has 0 fully saturated rings. The molecule has 0 radical (unpaired) electrons. The van der Waals surface area contributed by atoms with Gasteiger partial charge in [-0.3, -0.25) is 0 Å². The van der Waals surface area contributed by atoms with E-state index >= 15 is 0 Å². The van der Waals surface area contributed by atoms with Crippen molar-refractivity contribution >= 4 is 17.0 Å². The second-order valence-electron chi connectivity index (χ2n) is 6.42. The van der Waals surface area contributed by atoms with Gasteiger partial charge in [0.2, 0.25) is 0 Å². The van der Waals surface area contributed by atoms with Crippen molar-refractivity contribution in [2.75, 3.05) is 5.32 Å². The number of hydrogen-bond donors (Lipinski definition) is 1. The van der Waals surface area contributed by atoms with Gasteiger partial charge in [-0.2, -0.15) is 0 Å². The molecule has 0 saturated carbocycles. The van der Waals surface area contributed by atoms with Gasteiger partial charge in [0.25, 0.3) is 0 Å². The number of ether oxygens (including phenoxy) is 1. The van der Waals surface area contributed by atoms with Crippen LogP contribution < -0.4 is 10.1 Å². The molecular weight excluding hydrogens is 280 g/mol. The first-order valence-electron chi connectivity index (χ1n) is 7.30. The fourth-order valence-corrected chi connectivity index (χ4v) is 2.80. The molecule has 0 aliphatic carbocycles. The Labute approximate surface area is 131 Å². The maximum Gasteiger partial charge on any atom is 0.119 e. The zero-order valence-electron chi connectivity index (χ0n) is 13.4. The van der Waals surface area contributed by atoms with E-state index in [9.17, 15) is 0 Å². The normalized spacial score (nSPS) is 11.7. The summed E-state index contributed by atoms with van der Waals surface area (Å²) in [6.07, 6.45) is 0.204. The zero-order chi connectivity index (χ0) is 15.5. The lowest BCUT2D eigenvalue weighted by molar-refractivity contribution is 0.242. The Bertz CT molecular complexity index is 567. The number of rotatable bonds is 5. The van der Waals surface area contributed by atoms with Crippen LogP contribution >= 0.6 is 11.3 Å². The van der Waals surface area contributed by atoms with E-state index in [4.69, 9.17) is 4.74 Å². The van der Waals surface area contributed by atoms with Crippen molar-refractivity contribution in [1.82, 2.24) is 4.98 Å². The maximum absolute atomic E-state index is 5.63. The Morgan fingerprint density at radius 1 is 1.19 bits per heavy atom. The predicted octanol–water partition coefficient (Wildman–Crippen LogP) is 4.84. The second kappa shape index (κ2) is 6.48. The van der Waals surface area contributed by atoms with Crippen LogP contribution in [0.4, 0.5) is 5.69 Å². The van der Waals surface area contributed by atoms with Gasteiger partial charge in [-0.15, -0.1) is 11.3 Å². The highest BCUT2D eigenvalue weighted by molar-refractivity contribution is 7.09. The molecule has 1 N–H and O–H groups in total. The van der Waals surface area contributed by atoms with Crippen molar-refractivity contribution in [2.45, 2.75) is 52.7 Å². The summed E-state index contributed by atoms with van der Waals surface area (Å²) >= 11 is 1.71. The van der Waals surface area contributed by atoms with E-state index < -0.39 is 0 Å². The molecule has 0 aliphatic rings. The number of aromatic nitrogens is 1. The largest absolute Gasteiger partial charge is 0.491 e. The van der Waals surface area contributed by atoms with Gasteiger partial charge in [0.1, 0.15) is 10.8 Å². The van der Waals surface area contributed by atoms with Gasteiger partial charge in [-0.25, -0.2) is 4.98 Å². The lowest BCUT2D eigenvalue weighted by Gasteiger charge is -2.14. The van der Waals surface area contributed by atoms with Crippen LogP contribution in [0, 0.1) is 0 Å². The Kier molecular flexibility index (Phi) is 4.88. The van der Waals surface area contributed by atoms with Crippen molar-refractivity contribution in [2.24, 2.45) is 0 Å². The topological polar surface area (TPSA) is 34.1 Å². The monoisotopic (exact) mass is 304 g/mol. The van der Waals surface area contributed by atoms with Gasteiger partial charge in [0.15, 0.2) is 0 Å². The molecule has 0 aliphatic heterocycles. The second-order valence-corrected chi connectivity index (χ2v) is 7.36. The summed E-state index contributed by atoms with van der Waals surface area (Å²) in [5, 5.41) is 6.66. The van der Waals surface area contributed by atoms with E-state index in [0.29, 0.717) is 0 Å². The number of hydrogen-bond acceptors (Lipinski definition) is 4. The van der Waals surface area contributed by atoms with Crippen molar-refractivity contribution in [3.8, 4) is 5.75 Å². The fraction of sp³-hybridized carbons (Fsp3) is 0.471. The van der Waals surface area contributed by atoms with Crippen LogP contribution in [0.1, 0.15) is 45.3 Å². The van der Waals surface area contributed by atoms with Crippen molar-refractivity contribution in [3.05, 3.63) is 40.3 Å². The van der Waals surface area contributed by atoms with Gasteiger partial charge >= 0.3 is 0 Å². The molecule has 0 amide bonds. The minimum atomic E-state index is 0.116. The van der Waals surface area contributed by atoms with Crippen LogP contribution in [0.25, 0.3) is 0 Å². The third-order valence-corrected chi connectivity index (χ3v) is 3.84. The van der Waals surface area contributed by atoms with E-state index in [1.807, 2.05) is 38.1 Å². The molecule has 4 heteroatoms. The Morgan fingerprint density at radius 3 is 2.38 bits per heavy atom. The highest BCUT2D eigenvalue weighted by atomic mass is 32.1. The summed E-state index contributed by atoms with van der Waals surface area (Å²) in [5.74, 6) is 0.903. The van der Waals surface area contributed by atoms with Gasteiger partial charge < -0.3 is 10.1 Å². The van der Waals surface area contributed by atoms with Crippen LogP contribution in [0.5, 0.6) is 5.75 Å². The summed E-state index contributed by atoms with van der Waals surface area (Å²) in [4.78, 5) is 4.68. The summed E-state index contributed by atoms with van der Waals surface area (Å²) in [6, 6.07) is 8.06. The van der Waals surface area contributed by atoms with E-state index in [1.54, 1.807) is 11.3 Å². The molecular formula is C17H24N2OS. The molecule has 0 unspecified atom stereocenters. The number of anilines is 1. The van der Waals surface area contributed by atoms with Crippen LogP contribution in [-0.4, -0.2) is 11.1 Å². The molecule has 2 aromatic rings. The Hall–Kier alpha value is -1.55. The van der Waals surface area contributed by atoms with Crippen LogP contribution in [0.3, 0.4) is 0 Å². The summed E-state index contributed by atoms with van der Waals surface area (Å²) in [7, 11) is 0. The van der Waals surface area contributed by atoms with Gasteiger partial charge in [-0.1, -0.05) is 20.8 Å². The van der Waals surface area contributed by atoms with Crippen LogP contribution in [0.2, 0.25) is 0 Å². The van der Waals surface area contributed by atoms with Crippen molar-refractivity contribution < 1.29 is 4.74 Å². The minimum Gasteiger partial charge on any atom is -0.491 e. The SMILES string of the molecule is CC(C)Oc1ccc(NCc2nc(C(C)(C)C)cs2)cc1. The first-order valence-corrected chi connectivity index (χ1v) is 8.18. The summed E-state index contributed by atoms with van der Waals surface area (Å²) in [5.41, 5.74) is 2.36. The molecule has 1 aromatic heterocycles. The van der Waals surface area contributed by atoms with Crippen molar-refractivity contribution in [3.63, 3.8) is 0 Å². The highest BCUT2D eigenvalue weighted by Gasteiger charge is 2.17. The Balaban J connectivity index is 1.92. The lowest BCUT2D eigenvalue weighted by Crippen LogP contribution is -2.11. The van der Waals surface area contributed by atoms with E-state index in [-0.39, 0.29) is 11.5 Å². The van der Waals surface area contributed by atoms with Gasteiger partial charge in [-0.05, 0) is 38.1 Å². The zero-order valence-corrected chi connectivity index (χ0v) is 14.3. The van der Waals surface area contributed by atoms with Gasteiger partial charge in [0, 0.05) is 16.5 Å². The quantitative estimate of drug-likeness (QED) is 0.858. The number of nitrogens with zero attached hydrogens (tertiary/aromatic N) is 1. The fourth-order valence-electron chi connectivity index (χ4n) is 1.84. The average Bonchev–Trinajstić information content (AvgIpc) is 2.86. The van der Waals surface area contributed by atoms with Crippen LogP contribution in [0.15, 0.2) is 29.6 Å². The molecule has 0 atom stereocenters. The number of thiazole rings is 1. The third kappa shape index (κ3) is 4.74. The molecule has 3 nitrogen and oxygen atoms in total. The molecule has 114 valence electrons. The third-order valence-electron chi connectivity index (χ3n) is 2.99. The first-order chi connectivity index (χ1) is 9.84.